The van der Waals surface area contributed by atoms with Crippen LogP contribution in [0.1, 0.15) is 21.8 Å². The molecule has 2 atom stereocenters. The first-order chi connectivity index (χ1) is 12.0. The molecule has 2 aromatic heterocycles. The molecule has 1 aliphatic heterocycles. The molecule has 1 aromatic carbocycles. The molecule has 3 aromatic rings. The lowest BCUT2D eigenvalue weighted by molar-refractivity contribution is 0.0427. The predicted octanol–water partition coefficient (Wildman–Crippen LogP) is 2.35. The maximum absolute atomic E-state index is 12.9. The standard InChI is InChI=1S/C18H20N4O2S.ClH/c1-11-15-8-16(17(24)21-9-12(19)7-14(23)10-21)25-18(15)22(20-11)13-5-3-2-4-6-13;/h2-6,8,12,14,23H,7,9-10,19H2,1H3;1H/t12-,14+;/m0./s1. The minimum Gasteiger partial charge on any atom is -0.391 e. The average molecular weight is 393 g/mol. The number of carbonyl (C=O) groups excluding carboxylic acids is 1. The predicted molar refractivity (Wildman–Crippen MR) is 105 cm³/mol. The molecule has 138 valence electrons. The Labute approximate surface area is 161 Å². The van der Waals surface area contributed by atoms with Gasteiger partial charge in [0.25, 0.3) is 5.91 Å². The van der Waals surface area contributed by atoms with E-state index in [9.17, 15) is 9.90 Å². The van der Waals surface area contributed by atoms with Gasteiger partial charge in [0.1, 0.15) is 4.83 Å². The number of aliphatic hydroxyl groups is 1. The zero-order chi connectivity index (χ0) is 17.6. The highest BCUT2D eigenvalue weighted by molar-refractivity contribution is 7.20. The smallest absolute Gasteiger partial charge is 0.264 e. The van der Waals surface area contributed by atoms with E-state index < -0.39 is 6.10 Å². The van der Waals surface area contributed by atoms with Crippen LogP contribution in [0.25, 0.3) is 15.9 Å². The molecule has 0 saturated carbocycles. The lowest BCUT2D eigenvalue weighted by atomic mass is 10.0. The Morgan fingerprint density at radius 2 is 2.04 bits per heavy atom. The second-order valence-corrected chi connectivity index (χ2v) is 7.55. The summed E-state index contributed by atoms with van der Waals surface area (Å²) in [5.74, 6) is -0.0746. The molecule has 1 amide bonds. The molecule has 3 N–H and O–H groups in total. The first kappa shape index (κ1) is 18.8. The number of hydrogen-bond acceptors (Lipinski definition) is 5. The Balaban J connectivity index is 0.00000196. The molecule has 0 spiro atoms. The van der Waals surface area contributed by atoms with Crippen LogP contribution in [0.15, 0.2) is 36.4 Å². The zero-order valence-corrected chi connectivity index (χ0v) is 16.0. The number of likely N-dealkylation sites (tertiary alicyclic amines) is 1. The topological polar surface area (TPSA) is 84.4 Å². The van der Waals surface area contributed by atoms with Crippen LogP contribution in [0.5, 0.6) is 0 Å². The van der Waals surface area contributed by atoms with E-state index in [0.717, 1.165) is 21.6 Å². The molecule has 1 fully saturated rings. The van der Waals surface area contributed by atoms with Gasteiger partial charge in [0.2, 0.25) is 0 Å². The number of nitrogens with zero attached hydrogens (tertiary/aromatic N) is 3. The van der Waals surface area contributed by atoms with Gasteiger partial charge in [-0.3, -0.25) is 4.79 Å². The summed E-state index contributed by atoms with van der Waals surface area (Å²) in [6.45, 7) is 2.77. The first-order valence-electron chi connectivity index (χ1n) is 8.30. The monoisotopic (exact) mass is 392 g/mol. The van der Waals surface area contributed by atoms with E-state index in [-0.39, 0.29) is 24.4 Å². The fourth-order valence-corrected chi connectivity index (χ4v) is 4.48. The maximum atomic E-state index is 12.9. The number of nitrogens with two attached hydrogens (primary N) is 1. The summed E-state index contributed by atoms with van der Waals surface area (Å²) in [4.78, 5) is 16.1. The van der Waals surface area contributed by atoms with E-state index in [4.69, 9.17) is 5.73 Å². The number of carbonyl (C=O) groups is 1. The van der Waals surface area contributed by atoms with E-state index in [2.05, 4.69) is 5.10 Å². The van der Waals surface area contributed by atoms with Crippen molar-refractivity contribution in [2.75, 3.05) is 13.1 Å². The van der Waals surface area contributed by atoms with Gasteiger partial charge in [-0.1, -0.05) is 18.2 Å². The lowest BCUT2D eigenvalue weighted by Crippen LogP contribution is -2.51. The third-order valence-electron chi connectivity index (χ3n) is 4.50. The van der Waals surface area contributed by atoms with Crippen molar-refractivity contribution in [3.8, 4) is 5.69 Å². The molecule has 1 saturated heterocycles. The summed E-state index contributed by atoms with van der Waals surface area (Å²) in [5, 5.41) is 15.5. The SMILES string of the molecule is Cc1nn(-c2ccccc2)c2sc(C(=O)N3C[C@@H](N)C[C@@H](O)C3)cc12.Cl. The van der Waals surface area contributed by atoms with Gasteiger partial charge in [-0.25, -0.2) is 4.68 Å². The molecule has 4 rings (SSSR count). The van der Waals surface area contributed by atoms with Gasteiger partial charge in [-0.05, 0) is 31.5 Å². The number of β-amino-alcohol motifs (C(OH)–C–C–N with tert-alkyl or cyclic N) is 1. The number of piperidine rings is 1. The van der Waals surface area contributed by atoms with Crippen LogP contribution in [0.2, 0.25) is 0 Å². The summed E-state index contributed by atoms with van der Waals surface area (Å²) in [6.07, 6.45) is -0.0122. The van der Waals surface area contributed by atoms with E-state index in [1.54, 1.807) is 4.90 Å². The number of benzene rings is 1. The van der Waals surface area contributed by atoms with Crippen LogP contribution in [-0.2, 0) is 0 Å². The second-order valence-electron chi connectivity index (χ2n) is 6.52. The quantitative estimate of drug-likeness (QED) is 0.701. The van der Waals surface area contributed by atoms with Crippen LogP contribution < -0.4 is 5.73 Å². The van der Waals surface area contributed by atoms with E-state index in [1.807, 2.05) is 48.0 Å². The lowest BCUT2D eigenvalue weighted by Gasteiger charge is -2.33. The Bertz CT molecular complexity index is 914. The molecule has 6 nitrogen and oxygen atoms in total. The largest absolute Gasteiger partial charge is 0.391 e. The van der Waals surface area contributed by atoms with Gasteiger partial charge >= 0.3 is 0 Å². The summed E-state index contributed by atoms with van der Waals surface area (Å²) >= 11 is 1.43. The van der Waals surface area contributed by atoms with E-state index in [1.165, 1.54) is 11.3 Å². The maximum Gasteiger partial charge on any atom is 0.264 e. The highest BCUT2D eigenvalue weighted by atomic mass is 35.5. The number of aliphatic hydroxyl groups excluding tert-OH is 1. The van der Waals surface area contributed by atoms with Gasteiger partial charge in [0.15, 0.2) is 0 Å². The highest BCUT2D eigenvalue weighted by Gasteiger charge is 2.29. The van der Waals surface area contributed by atoms with Crippen LogP contribution in [0.4, 0.5) is 0 Å². The van der Waals surface area contributed by atoms with Crippen molar-refractivity contribution < 1.29 is 9.90 Å². The number of thiophene rings is 1. The fraction of sp³-hybridized carbons (Fsp3) is 0.333. The first-order valence-corrected chi connectivity index (χ1v) is 9.12. The Morgan fingerprint density at radius 3 is 2.73 bits per heavy atom. The van der Waals surface area contributed by atoms with Gasteiger partial charge in [0.05, 0.1) is 22.4 Å². The number of aromatic nitrogens is 2. The van der Waals surface area contributed by atoms with E-state index >= 15 is 0 Å². The zero-order valence-electron chi connectivity index (χ0n) is 14.3. The van der Waals surface area contributed by atoms with Crippen molar-refractivity contribution >= 4 is 39.9 Å². The molecule has 0 aliphatic carbocycles. The molecule has 0 unspecified atom stereocenters. The Kier molecular flexibility index (Phi) is 5.34. The van der Waals surface area contributed by atoms with Crippen molar-refractivity contribution in [3.63, 3.8) is 0 Å². The van der Waals surface area contributed by atoms with Crippen molar-refractivity contribution in [1.82, 2.24) is 14.7 Å². The summed E-state index contributed by atoms with van der Waals surface area (Å²) in [6, 6.07) is 11.6. The highest BCUT2D eigenvalue weighted by Crippen LogP contribution is 2.31. The second kappa shape index (κ2) is 7.36. The minimum absolute atomic E-state index is 0. The van der Waals surface area contributed by atoms with Gasteiger partial charge < -0.3 is 15.7 Å². The Morgan fingerprint density at radius 1 is 1.31 bits per heavy atom. The number of hydrogen-bond donors (Lipinski definition) is 2. The average Bonchev–Trinajstić information content (AvgIpc) is 3.15. The molecule has 26 heavy (non-hydrogen) atoms. The molecule has 1 aliphatic rings. The molecule has 8 heteroatoms. The van der Waals surface area contributed by atoms with E-state index in [0.29, 0.717) is 24.4 Å². The molecule has 3 heterocycles. The number of aryl methyl sites for hydroxylation is 1. The van der Waals surface area contributed by atoms with Crippen molar-refractivity contribution in [1.29, 1.82) is 0 Å². The number of fused-ring (bicyclic) bond motifs is 1. The van der Waals surface area contributed by atoms with Gasteiger partial charge in [0, 0.05) is 24.5 Å². The molecule has 0 radical (unpaired) electrons. The fourth-order valence-electron chi connectivity index (χ4n) is 3.33. The number of halogens is 1. The number of amides is 1. The molecular weight excluding hydrogens is 372 g/mol. The van der Waals surface area contributed by atoms with Crippen molar-refractivity contribution in [3.05, 3.63) is 47.0 Å². The summed E-state index contributed by atoms with van der Waals surface area (Å²) in [5.41, 5.74) is 7.81. The van der Waals surface area contributed by atoms with Crippen LogP contribution in [0, 0.1) is 6.92 Å². The minimum atomic E-state index is -0.552. The molecule has 0 bridgehead atoms. The van der Waals surface area contributed by atoms with Gasteiger partial charge in [-0.15, -0.1) is 23.7 Å². The normalized spacial score (nSPS) is 20.2. The van der Waals surface area contributed by atoms with Crippen LogP contribution in [-0.4, -0.2) is 50.9 Å². The van der Waals surface area contributed by atoms with Gasteiger partial charge in [-0.2, -0.15) is 5.10 Å². The summed E-state index contributed by atoms with van der Waals surface area (Å²) < 4.78 is 1.88. The Hall–Kier alpha value is -1.93. The number of rotatable bonds is 2. The van der Waals surface area contributed by atoms with Crippen LogP contribution in [0.3, 0.4) is 0 Å². The summed E-state index contributed by atoms with van der Waals surface area (Å²) in [7, 11) is 0. The number of para-hydroxylation sites is 1. The third-order valence-corrected chi connectivity index (χ3v) is 5.60. The third kappa shape index (κ3) is 3.35. The molecular formula is C18H21ClN4O2S. The van der Waals surface area contributed by atoms with Crippen LogP contribution >= 0.6 is 23.7 Å². The van der Waals surface area contributed by atoms with Crippen molar-refractivity contribution in [2.24, 2.45) is 5.73 Å². The van der Waals surface area contributed by atoms with Crippen molar-refractivity contribution in [2.45, 2.75) is 25.5 Å².